The van der Waals surface area contributed by atoms with Gasteiger partial charge >= 0.3 is 6.18 Å². The fraction of sp³-hybridized carbons (Fsp3) is 0.296. The van der Waals surface area contributed by atoms with Crippen molar-refractivity contribution in [3.8, 4) is 0 Å². The summed E-state index contributed by atoms with van der Waals surface area (Å²) in [6.45, 7) is 2.58. The molecule has 10 heteroatoms. The maximum atomic E-state index is 14.9. The van der Waals surface area contributed by atoms with Crippen LogP contribution in [-0.2, 0) is 27.2 Å². The zero-order valence-corrected chi connectivity index (χ0v) is 20.9. The Hall–Kier alpha value is -3.40. The molecule has 1 atom stereocenters. The number of carbonyl (C=O) groups excluding carboxylic acids is 1. The topological polar surface area (TPSA) is 66.5 Å². The lowest BCUT2D eigenvalue weighted by Gasteiger charge is -2.20. The molecule has 3 aromatic rings. The zero-order valence-electron chi connectivity index (χ0n) is 20.1. The van der Waals surface area contributed by atoms with Crippen molar-refractivity contribution >= 4 is 27.1 Å². The van der Waals surface area contributed by atoms with Crippen LogP contribution in [0.25, 0.3) is 0 Å². The maximum absolute atomic E-state index is 14.9. The Bertz CT molecular complexity index is 1370. The number of nitrogens with one attached hydrogen (secondary N) is 1. The number of alkyl halides is 3. The van der Waals surface area contributed by atoms with Crippen molar-refractivity contribution in [3.63, 3.8) is 0 Å². The van der Waals surface area contributed by atoms with Gasteiger partial charge in [0.25, 0.3) is 0 Å². The summed E-state index contributed by atoms with van der Waals surface area (Å²) in [5.74, 6) is -0.914. The zero-order chi connectivity index (χ0) is 26.8. The summed E-state index contributed by atoms with van der Waals surface area (Å²) in [4.78, 5) is 14.5. The highest BCUT2D eigenvalue weighted by Crippen LogP contribution is 2.35. The molecule has 3 aromatic carbocycles. The van der Waals surface area contributed by atoms with E-state index in [9.17, 15) is 30.8 Å². The number of sulfone groups is 1. The van der Waals surface area contributed by atoms with Crippen LogP contribution in [0, 0.1) is 5.82 Å². The molecular formula is C27H26F4N2O3S. The lowest BCUT2D eigenvalue weighted by molar-refractivity contribution is -0.137. The molecule has 1 heterocycles. The summed E-state index contributed by atoms with van der Waals surface area (Å²) in [6, 6.07) is 15.6. The molecule has 1 aliphatic heterocycles. The third-order valence-electron chi connectivity index (χ3n) is 6.50. The van der Waals surface area contributed by atoms with Gasteiger partial charge in [0.15, 0.2) is 9.84 Å². The Morgan fingerprint density at radius 3 is 2.30 bits per heavy atom. The maximum Gasteiger partial charge on any atom is 0.416 e. The highest BCUT2D eigenvalue weighted by atomic mass is 32.2. The molecule has 1 unspecified atom stereocenters. The lowest BCUT2D eigenvalue weighted by Crippen LogP contribution is -2.21. The largest absolute Gasteiger partial charge is 0.416 e. The highest BCUT2D eigenvalue weighted by molar-refractivity contribution is 7.91. The van der Waals surface area contributed by atoms with Crippen molar-refractivity contribution in [2.45, 2.75) is 36.8 Å². The van der Waals surface area contributed by atoms with Gasteiger partial charge in [-0.2, -0.15) is 13.2 Å². The van der Waals surface area contributed by atoms with Crippen LogP contribution in [0.3, 0.4) is 0 Å². The number of nitrogens with zero attached hydrogens (tertiary/aromatic N) is 1. The average Bonchev–Trinajstić information content (AvgIpc) is 3.34. The summed E-state index contributed by atoms with van der Waals surface area (Å²) in [5.41, 5.74) is 1.35. The van der Waals surface area contributed by atoms with Crippen molar-refractivity contribution in [2.24, 2.45) is 0 Å². The second kappa shape index (κ2) is 10.5. The van der Waals surface area contributed by atoms with E-state index in [1.165, 1.54) is 30.3 Å². The Morgan fingerprint density at radius 2 is 1.70 bits per heavy atom. The normalized spacial score (nSPS) is 16.1. The Labute approximate surface area is 213 Å². The van der Waals surface area contributed by atoms with E-state index >= 15 is 0 Å². The fourth-order valence-electron chi connectivity index (χ4n) is 4.41. The van der Waals surface area contributed by atoms with Crippen molar-refractivity contribution in [1.29, 1.82) is 0 Å². The molecule has 1 aliphatic rings. The van der Waals surface area contributed by atoms with E-state index in [1.807, 2.05) is 4.90 Å². The molecule has 0 aromatic heterocycles. The van der Waals surface area contributed by atoms with Gasteiger partial charge < -0.3 is 10.2 Å². The van der Waals surface area contributed by atoms with Crippen LogP contribution >= 0.6 is 0 Å². The molecule has 0 bridgehead atoms. The number of halogens is 4. The summed E-state index contributed by atoms with van der Waals surface area (Å²) < 4.78 is 77.2. The van der Waals surface area contributed by atoms with Crippen LogP contribution in [0.5, 0.6) is 0 Å². The summed E-state index contributed by atoms with van der Waals surface area (Å²) >= 11 is 0. The summed E-state index contributed by atoms with van der Waals surface area (Å²) in [6.07, 6.45) is -3.71. The number of amides is 1. The van der Waals surface area contributed by atoms with Crippen LogP contribution in [0.2, 0.25) is 0 Å². The molecule has 0 aliphatic carbocycles. The molecule has 5 nitrogen and oxygen atoms in total. The number of hydrogen-bond acceptors (Lipinski definition) is 4. The first-order valence-electron chi connectivity index (χ1n) is 11.8. The second-order valence-electron chi connectivity index (χ2n) is 8.99. The number of rotatable bonds is 7. The van der Waals surface area contributed by atoms with E-state index in [0.717, 1.165) is 17.7 Å². The van der Waals surface area contributed by atoms with Gasteiger partial charge in [-0.15, -0.1) is 0 Å². The van der Waals surface area contributed by atoms with Gasteiger partial charge in [0.1, 0.15) is 5.82 Å². The highest BCUT2D eigenvalue weighted by Gasteiger charge is 2.31. The van der Waals surface area contributed by atoms with E-state index in [0.29, 0.717) is 30.8 Å². The van der Waals surface area contributed by atoms with Gasteiger partial charge in [0.2, 0.25) is 5.91 Å². The molecule has 196 valence electrons. The first-order valence-corrected chi connectivity index (χ1v) is 13.4. The standard InChI is InChI=1S/C27H26F4N2O3S/c1-2-37(35,36)23-10-3-18(4-11-23)15-26(34)32-22-9-12-25(24(28)16-22)33-14-13-20(17-33)19-5-7-21(8-6-19)27(29,30)31/h3-12,16,20H,2,13-15,17H2,1H3,(H,32,34). The minimum absolute atomic E-state index is 0.00322. The predicted molar refractivity (Wildman–Crippen MR) is 134 cm³/mol. The minimum atomic E-state index is -4.39. The van der Waals surface area contributed by atoms with E-state index < -0.39 is 27.4 Å². The molecule has 0 radical (unpaired) electrons. The second-order valence-corrected chi connectivity index (χ2v) is 11.3. The van der Waals surface area contributed by atoms with Crippen molar-refractivity contribution in [1.82, 2.24) is 0 Å². The molecule has 4 rings (SSSR count). The van der Waals surface area contributed by atoms with Crippen LogP contribution in [0.4, 0.5) is 28.9 Å². The Balaban J connectivity index is 1.36. The fourth-order valence-corrected chi connectivity index (χ4v) is 5.29. The van der Waals surface area contributed by atoms with Gasteiger partial charge in [-0.1, -0.05) is 31.2 Å². The lowest BCUT2D eigenvalue weighted by atomic mass is 9.97. The average molecular weight is 535 g/mol. The van der Waals surface area contributed by atoms with E-state index in [2.05, 4.69) is 5.32 Å². The van der Waals surface area contributed by atoms with Crippen molar-refractivity contribution < 1.29 is 30.8 Å². The first kappa shape index (κ1) is 26.7. The SMILES string of the molecule is CCS(=O)(=O)c1ccc(CC(=O)Nc2ccc(N3CCC(c4ccc(C(F)(F)F)cc4)C3)c(F)c2)cc1. The third-order valence-corrected chi connectivity index (χ3v) is 8.25. The monoisotopic (exact) mass is 534 g/mol. The van der Waals surface area contributed by atoms with Gasteiger partial charge in [0, 0.05) is 24.7 Å². The first-order chi connectivity index (χ1) is 17.5. The molecular weight excluding hydrogens is 508 g/mol. The van der Waals surface area contributed by atoms with Gasteiger partial charge in [-0.3, -0.25) is 4.79 Å². The van der Waals surface area contributed by atoms with Crippen molar-refractivity contribution in [2.75, 3.05) is 29.1 Å². The summed E-state index contributed by atoms with van der Waals surface area (Å²) in [7, 11) is -3.32. The number of anilines is 2. The van der Waals surface area contributed by atoms with Crippen LogP contribution in [0.15, 0.2) is 71.6 Å². The molecule has 0 spiro atoms. The number of benzene rings is 3. The van der Waals surface area contributed by atoms with E-state index in [-0.39, 0.29) is 34.6 Å². The molecule has 1 fully saturated rings. The van der Waals surface area contributed by atoms with Gasteiger partial charge in [-0.25, -0.2) is 12.8 Å². The Kier molecular flexibility index (Phi) is 7.59. The molecule has 1 N–H and O–H groups in total. The summed E-state index contributed by atoms with van der Waals surface area (Å²) in [5, 5.41) is 2.65. The van der Waals surface area contributed by atoms with Crippen LogP contribution in [0.1, 0.15) is 36.0 Å². The van der Waals surface area contributed by atoms with Gasteiger partial charge in [0.05, 0.1) is 28.3 Å². The van der Waals surface area contributed by atoms with E-state index in [4.69, 9.17) is 0 Å². The predicted octanol–water partition coefficient (Wildman–Crippen LogP) is 5.81. The van der Waals surface area contributed by atoms with Crippen LogP contribution < -0.4 is 10.2 Å². The van der Waals surface area contributed by atoms with Crippen LogP contribution in [-0.4, -0.2) is 33.2 Å². The molecule has 0 saturated carbocycles. The quantitative estimate of drug-likeness (QED) is 0.389. The molecule has 37 heavy (non-hydrogen) atoms. The van der Waals surface area contributed by atoms with Crippen molar-refractivity contribution in [3.05, 3.63) is 89.2 Å². The molecule has 1 amide bonds. The Morgan fingerprint density at radius 1 is 1.03 bits per heavy atom. The minimum Gasteiger partial charge on any atom is -0.369 e. The number of hydrogen-bond donors (Lipinski definition) is 1. The smallest absolute Gasteiger partial charge is 0.369 e. The number of carbonyl (C=O) groups is 1. The van der Waals surface area contributed by atoms with E-state index in [1.54, 1.807) is 31.2 Å². The van der Waals surface area contributed by atoms with Gasteiger partial charge in [-0.05, 0) is 60.0 Å². The molecule has 1 saturated heterocycles. The third kappa shape index (κ3) is 6.30.